The highest BCUT2D eigenvalue weighted by Crippen LogP contribution is 2.23. The molecule has 0 radical (unpaired) electrons. The second-order valence-electron chi connectivity index (χ2n) is 7.18. The fourth-order valence-electron chi connectivity index (χ4n) is 3.64. The molecule has 5 rings (SSSR count). The molecule has 10 heteroatoms. The van der Waals surface area contributed by atoms with Crippen molar-refractivity contribution in [3.63, 3.8) is 0 Å². The molecule has 4 aromatic rings. The van der Waals surface area contributed by atoms with Gasteiger partial charge in [-0.15, -0.1) is 5.10 Å². The number of morpholine rings is 1. The number of anilines is 2. The summed E-state index contributed by atoms with van der Waals surface area (Å²) in [7, 11) is 0. The molecule has 1 saturated heterocycles. The van der Waals surface area contributed by atoms with E-state index in [4.69, 9.17) is 21.3 Å². The minimum Gasteiger partial charge on any atom is -0.378 e. The molecule has 158 valence electrons. The summed E-state index contributed by atoms with van der Waals surface area (Å²) >= 11 is 5.88. The minimum atomic E-state index is -0.394. The van der Waals surface area contributed by atoms with Gasteiger partial charge in [0, 0.05) is 23.8 Å². The number of carbonyl (C=O) groups is 1. The molecule has 1 aliphatic heterocycles. The summed E-state index contributed by atoms with van der Waals surface area (Å²) in [4.78, 5) is 32.6. The summed E-state index contributed by atoms with van der Waals surface area (Å²) in [6.07, 6.45) is 0. The Kier molecular flexibility index (Phi) is 5.05. The van der Waals surface area contributed by atoms with E-state index in [9.17, 15) is 9.59 Å². The number of aromatic nitrogens is 4. The first-order valence-corrected chi connectivity index (χ1v) is 10.2. The van der Waals surface area contributed by atoms with E-state index in [-0.39, 0.29) is 12.5 Å². The second kappa shape index (κ2) is 8.01. The van der Waals surface area contributed by atoms with Gasteiger partial charge in [-0.2, -0.15) is 0 Å². The maximum atomic E-state index is 13.2. The zero-order valence-electron chi connectivity index (χ0n) is 16.5. The smallest absolute Gasteiger partial charge is 0.351 e. The van der Waals surface area contributed by atoms with E-state index in [0.29, 0.717) is 59.5 Å². The number of nitrogens with zero attached hydrogens (tertiary/aromatic N) is 5. The van der Waals surface area contributed by atoms with E-state index in [2.05, 4.69) is 15.3 Å². The molecular weight excluding hydrogens is 420 g/mol. The van der Waals surface area contributed by atoms with Gasteiger partial charge in [-0.3, -0.25) is 4.79 Å². The van der Waals surface area contributed by atoms with Gasteiger partial charge in [0.15, 0.2) is 5.82 Å². The van der Waals surface area contributed by atoms with Gasteiger partial charge in [-0.05, 0) is 36.4 Å². The molecule has 3 heterocycles. The van der Waals surface area contributed by atoms with Gasteiger partial charge in [0.1, 0.15) is 6.54 Å². The number of carbonyl (C=O) groups excluding carboxylic acids is 1. The van der Waals surface area contributed by atoms with Crippen molar-refractivity contribution in [2.45, 2.75) is 6.54 Å². The zero-order valence-corrected chi connectivity index (χ0v) is 17.2. The summed E-state index contributed by atoms with van der Waals surface area (Å²) in [5.41, 5.74) is 1.94. The van der Waals surface area contributed by atoms with Crippen LogP contribution in [0.3, 0.4) is 0 Å². The molecule has 0 aliphatic carbocycles. The summed E-state index contributed by atoms with van der Waals surface area (Å²) in [6.45, 7) is 2.24. The number of hydrogen-bond acceptors (Lipinski definition) is 6. The SMILES string of the molecule is O=C(Cn1nc2c(N3CCOCC3)nc3ccccc3n2c1=O)Nc1ccc(Cl)cc1. The first-order valence-electron chi connectivity index (χ1n) is 9.86. The van der Waals surface area contributed by atoms with Crippen molar-refractivity contribution in [3.8, 4) is 0 Å². The summed E-state index contributed by atoms with van der Waals surface area (Å²) in [5.74, 6) is 0.244. The van der Waals surface area contributed by atoms with Gasteiger partial charge in [0.05, 0.1) is 24.2 Å². The molecule has 2 aromatic heterocycles. The highest BCUT2D eigenvalue weighted by molar-refractivity contribution is 6.30. The summed E-state index contributed by atoms with van der Waals surface area (Å²) < 4.78 is 8.12. The third-order valence-corrected chi connectivity index (χ3v) is 5.37. The second-order valence-corrected chi connectivity index (χ2v) is 7.61. The highest BCUT2D eigenvalue weighted by Gasteiger charge is 2.22. The number of para-hydroxylation sites is 2. The van der Waals surface area contributed by atoms with Gasteiger partial charge in [0.25, 0.3) is 0 Å². The van der Waals surface area contributed by atoms with Crippen molar-refractivity contribution >= 4 is 45.7 Å². The Bertz CT molecular complexity index is 1320. The summed E-state index contributed by atoms with van der Waals surface area (Å²) in [5, 5.41) is 7.80. The molecular formula is C21H19ClN6O3. The lowest BCUT2D eigenvalue weighted by molar-refractivity contribution is -0.117. The highest BCUT2D eigenvalue weighted by atomic mass is 35.5. The van der Waals surface area contributed by atoms with Crippen molar-refractivity contribution < 1.29 is 9.53 Å². The number of ether oxygens (including phenoxy) is 1. The van der Waals surface area contributed by atoms with E-state index in [0.717, 1.165) is 0 Å². The van der Waals surface area contributed by atoms with Gasteiger partial charge >= 0.3 is 5.69 Å². The molecule has 31 heavy (non-hydrogen) atoms. The van der Waals surface area contributed by atoms with Crippen molar-refractivity contribution in [2.75, 3.05) is 36.5 Å². The number of benzene rings is 2. The van der Waals surface area contributed by atoms with Crippen LogP contribution in [0.1, 0.15) is 0 Å². The van der Waals surface area contributed by atoms with Crippen LogP contribution in [0.2, 0.25) is 5.02 Å². The average molecular weight is 439 g/mol. The van der Waals surface area contributed by atoms with Crippen LogP contribution in [0.15, 0.2) is 53.3 Å². The molecule has 9 nitrogen and oxygen atoms in total. The van der Waals surface area contributed by atoms with Crippen LogP contribution >= 0.6 is 11.6 Å². The van der Waals surface area contributed by atoms with Crippen LogP contribution in [0.5, 0.6) is 0 Å². The third-order valence-electron chi connectivity index (χ3n) is 5.12. The minimum absolute atomic E-state index is 0.222. The number of amides is 1. The van der Waals surface area contributed by atoms with E-state index in [1.165, 1.54) is 9.08 Å². The molecule has 0 atom stereocenters. The van der Waals surface area contributed by atoms with Crippen molar-refractivity contribution in [3.05, 3.63) is 64.0 Å². The van der Waals surface area contributed by atoms with Crippen LogP contribution in [0, 0.1) is 0 Å². The zero-order chi connectivity index (χ0) is 21.4. The Balaban J connectivity index is 1.55. The first-order chi connectivity index (χ1) is 15.1. The number of fused-ring (bicyclic) bond motifs is 3. The third kappa shape index (κ3) is 3.73. The largest absolute Gasteiger partial charge is 0.378 e. The van der Waals surface area contributed by atoms with Crippen LogP contribution < -0.4 is 15.9 Å². The van der Waals surface area contributed by atoms with Gasteiger partial charge in [-0.1, -0.05) is 23.7 Å². The molecule has 0 bridgehead atoms. The molecule has 0 spiro atoms. The molecule has 0 saturated carbocycles. The summed E-state index contributed by atoms with van der Waals surface area (Å²) in [6, 6.07) is 14.1. The van der Waals surface area contributed by atoms with Crippen molar-refractivity contribution in [2.24, 2.45) is 0 Å². The normalized spacial score (nSPS) is 14.3. The van der Waals surface area contributed by atoms with Gasteiger partial charge in [0.2, 0.25) is 11.6 Å². The fourth-order valence-corrected chi connectivity index (χ4v) is 3.77. The standard InChI is InChI=1S/C21H19ClN6O3/c22-14-5-7-15(8-6-14)23-18(29)13-27-21(30)28-17-4-2-1-3-16(17)24-19(20(28)25-27)26-9-11-31-12-10-26/h1-8H,9-13H2,(H,23,29). The number of rotatable bonds is 4. The lowest BCUT2D eigenvalue weighted by Crippen LogP contribution is -2.37. The number of hydrogen-bond donors (Lipinski definition) is 1. The van der Waals surface area contributed by atoms with E-state index in [1.54, 1.807) is 24.3 Å². The predicted molar refractivity (Wildman–Crippen MR) is 118 cm³/mol. The lowest BCUT2D eigenvalue weighted by atomic mass is 10.3. The van der Waals surface area contributed by atoms with Crippen LogP contribution in [-0.2, 0) is 16.1 Å². The lowest BCUT2D eigenvalue weighted by Gasteiger charge is -2.27. The molecule has 1 fully saturated rings. The monoisotopic (exact) mass is 438 g/mol. The van der Waals surface area contributed by atoms with Crippen LogP contribution in [0.25, 0.3) is 16.7 Å². The first kappa shape index (κ1) is 19.5. The molecule has 1 amide bonds. The maximum absolute atomic E-state index is 13.2. The maximum Gasteiger partial charge on any atom is 0.351 e. The van der Waals surface area contributed by atoms with Crippen LogP contribution in [0.4, 0.5) is 11.5 Å². The molecule has 1 N–H and O–H groups in total. The van der Waals surface area contributed by atoms with E-state index >= 15 is 0 Å². The molecule has 1 aliphatic rings. The topological polar surface area (TPSA) is 93.8 Å². The Morgan fingerprint density at radius 3 is 2.61 bits per heavy atom. The van der Waals surface area contributed by atoms with Crippen LogP contribution in [-0.4, -0.2) is 51.4 Å². The Hall–Kier alpha value is -3.43. The quantitative estimate of drug-likeness (QED) is 0.525. The van der Waals surface area contributed by atoms with Gasteiger partial charge in [-0.25, -0.2) is 18.9 Å². The predicted octanol–water partition coefficient (Wildman–Crippen LogP) is 2.17. The van der Waals surface area contributed by atoms with Crippen molar-refractivity contribution in [1.29, 1.82) is 0 Å². The van der Waals surface area contributed by atoms with Crippen molar-refractivity contribution in [1.82, 2.24) is 19.2 Å². The Morgan fingerprint density at radius 2 is 1.84 bits per heavy atom. The number of nitrogens with one attached hydrogen (secondary N) is 1. The Labute approximate surface area is 181 Å². The molecule has 2 aromatic carbocycles. The van der Waals surface area contributed by atoms with E-state index in [1.807, 2.05) is 24.3 Å². The average Bonchev–Trinajstić information content (AvgIpc) is 3.11. The van der Waals surface area contributed by atoms with E-state index < -0.39 is 5.69 Å². The fraction of sp³-hybridized carbons (Fsp3) is 0.238. The Morgan fingerprint density at radius 1 is 1.10 bits per heavy atom. The molecule has 0 unspecified atom stereocenters. The number of halogens is 1. The van der Waals surface area contributed by atoms with Gasteiger partial charge < -0.3 is 15.0 Å².